The van der Waals surface area contributed by atoms with E-state index in [-0.39, 0.29) is 5.97 Å². The summed E-state index contributed by atoms with van der Waals surface area (Å²) in [4.78, 5) is 12.7. The first-order valence-electron chi connectivity index (χ1n) is 7.93. The normalized spacial score (nSPS) is 19.8. The average molecular weight is 309 g/mol. The molecule has 0 aromatic heterocycles. The van der Waals surface area contributed by atoms with Crippen LogP contribution >= 0.6 is 0 Å². The van der Waals surface area contributed by atoms with E-state index in [2.05, 4.69) is 38.2 Å². The lowest BCUT2D eigenvalue weighted by Crippen LogP contribution is -2.43. The summed E-state index contributed by atoms with van der Waals surface area (Å²) < 4.78 is 5.87. The molecule has 2 aromatic rings. The highest BCUT2D eigenvalue weighted by Gasteiger charge is 2.40. The van der Waals surface area contributed by atoms with Crippen LogP contribution in [-0.2, 0) is 10.5 Å². The van der Waals surface area contributed by atoms with Crippen molar-refractivity contribution in [3.05, 3.63) is 63.2 Å². The molecule has 0 spiro atoms. The summed E-state index contributed by atoms with van der Waals surface area (Å²) in [6, 6.07) is 8.25. The summed E-state index contributed by atoms with van der Waals surface area (Å²) in [5, 5.41) is 3.49. The van der Waals surface area contributed by atoms with E-state index in [0.717, 1.165) is 33.5 Å². The molecule has 1 aliphatic heterocycles. The molecular formula is C20H23NO2. The van der Waals surface area contributed by atoms with Crippen molar-refractivity contribution in [3.63, 3.8) is 0 Å². The predicted octanol–water partition coefficient (Wildman–Crippen LogP) is 4.68. The maximum absolute atomic E-state index is 12.7. The minimum atomic E-state index is -0.857. The van der Waals surface area contributed by atoms with Gasteiger partial charge in [0.05, 0.1) is 11.3 Å². The number of cyclic esters (lactones) is 1. The lowest BCUT2D eigenvalue weighted by atomic mass is 9.89. The molecule has 0 aliphatic carbocycles. The van der Waals surface area contributed by atoms with Gasteiger partial charge >= 0.3 is 5.97 Å². The molecule has 1 N–H and O–H groups in total. The van der Waals surface area contributed by atoms with Crippen LogP contribution in [-0.4, -0.2) is 5.97 Å². The number of benzene rings is 2. The smallest absolute Gasteiger partial charge is 0.342 e. The van der Waals surface area contributed by atoms with E-state index in [0.29, 0.717) is 5.56 Å². The molecule has 0 fully saturated rings. The maximum atomic E-state index is 12.7. The van der Waals surface area contributed by atoms with Crippen LogP contribution in [0.4, 0.5) is 5.69 Å². The molecule has 1 heterocycles. The van der Waals surface area contributed by atoms with Gasteiger partial charge in [0.25, 0.3) is 0 Å². The molecule has 3 heteroatoms. The zero-order valence-corrected chi connectivity index (χ0v) is 14.6. The predicted molar refractivity (Wildman–Crippen MR) is 93.0 cm³/mol. The van der Waals surface area contributed by atoms with Crippen molar-refractivity contribution in [1.82, 2.24) is 0 Å². The first-order chi connectivity index (χ1) is 10.7. The van der Waals surface area contributed by atoms with Gasteiger partial charge in [0.1, 0.15) is 0 Å². The number of fused-ring (bicyclic) bond motifs is 1. The van der Waals surface area contributed by atoms with E-state index in [1.54, 1.807) is 0 Å². The van der Waals surface area contributed by atoms with Gasteiger partial charge in [-0.15, -0.1) is 0 Å². The molecule has 3 rings (SSSR count). The summed E-state index contributed by atoms with van der Waals surface area (Å²) >= 11 is 0. The van der Waals surface area contributed by atoms with Gasteiger partial charge in [0.2, 0.25) is 5.72 Å². The quantitative estimate of drug-likeness (QED) is 0.777. The second-order valence-corrected chi connectivity index (χ2v) is 6.77. The Balaban J connectivity index is 2.20. The first kappa shape index (κ1) is 15.6. The van der Waals surface area contributed by atoms with Crippen LogP contribution in [0.25, 0.3) is 0 Å². The third kappa shape index (κ3) is 2.40. The Hall–Kier alpha value is -2.29. The number of esters is 1. The van der Waals surface area contributed by atoms with Crippen molar-refractivity contribution in [1.29, 1.82) is 0 Å². The van der Waals surface area contributed by atoms with Crippen LogP contribution in [0, 0.1) is 34.6 Å². The molecule has 1 aliphatic rings. The Morgan fingerprint density at radius 3 is 2.09 bits per heavy atom. The van der Waals surface area contributed by atoms with E-state index in [1.807, 2.05) is 32.9 Å². The third-order valence-electron chi connectivity index (χ3n) is 4.64. The van der Waals surface area contributed by atoms with Gasteiger partial charge in [0.15, 0.2) is 0 Å². The SMILES string of the molecule is Cc1cc(C)c(C2(C)Nc3c(C)ccc(C)c3C(=O)O2)c(C)c1. The molecular weight excluding hydrogens is 286 g/mol. The monoisotopic (exact) mass is 309 g/mol. The molecule has 3 nitrogen and oxygen atoms in total. The number of anilines is 1. The van der Waals surface area contributed by atoms with Crippen LogP contribution in [0.3, 0.4) is 0 Å². The molecule has 1 unspecified atom stereocenters. The first-order valence-corrected chi connectivity index (χ1v) is 7.93. The van der Waals surface area contributed by atoms with Gasteiger partial charge in [-0.1, -0.05) is 29.8 Å². The molecule has 0 saturated heterocycles. The van der Waals surface area contributed by atoms with Crippen molar-refractivity contribution in [2.24, 2.45) is 0 Å². The molecule has 2 aromatic carbocycles. The van der Waals surface area contributed by atoms with Crippen molar-refractivity contribution in [2.45, 2.75) is 47.3 Å². The fourth-order valence-electron chi connectivity index (χ4n) is 3.78. The zero-order chi connectivity index (χ0) is 16.9. The topological polar surface area (TPSA) is 38.3 Å². The van der Waals surface area contributed by atoms with E-state index in [4.69, 9.17) is 4.74 Å². The van der Waals surface area contributed by atoms with Crippen LogP contribution in [0.5, 0.6) is 0 Å². The van der Waals surface area contributed by atoms with Gasteiger partial charge in [-0.2, -0.15) is 0 Å². The van der Waals surface area contributed by atoms with Crippen molar-refractivity contribution < 1.29 is 9.53 Å². The maximum Gasteiger partial charge on any atom is 0.342 e. The van der Waals surface area contributed by atoms with Gasteiger partial charge < -0.3 is 10.1 Å². The molecule has 0 amide bonds. The van der Waals surface area contributed by atoms with E-state index >= 15 is 0 Å². The fourth-order valence-corrected chi connectivity index (χ4v) is 3.78. The second-order valence-electron chi connectivity index (χ2n) is 6.77. The van der Waals surface area contributed by atoms with Gasteiger partial charge in [-0.05, 0) is 63.8 Å². The minimum absolute atomic E-state index is 0.262. The molecule has 0 radical (unpaired) electrons. The van der Waals surface area contributed by atoms with E-state index in [9.17, 15) is 4.79 Å². The van der Waals surface area contributed by atoms with Crippen LogP contribution < -0.4 is 5.32 Å². The largest absolute Gasteiger partial charge is 0.431 e. The van der Waals surface area contributed by atoms with Crippen LogP contribution in [0.2, 0.25) is 0 Å². The molecule has 120 valence electrons. The fraction of sp³-hybridized carbons (Fsp3) is 0.350. The van der Waals surface area contributed by atoms with E-state index in [1.165, 1.54) is 5.56 Å². The number of rotatable bonds is 1. The molecule has 23 heavy (non-hydrogen) atoms. The van der Waals surface area contributed by atoms with Gasteiger partial charge in [0, 0.05) is 5.56 Å². The number of aryl methyl sites for hydroxylation is 5. The van der Waals surface area contributed by atoms with Gasteiger partial charge in [-0.25, -0.2) is 4.79 Å². The average Bonchev–Trinajstić information content (AvgIpc) is 2.40. The highest BCUT2D eigenvalue weighted by molar-refractivity contribution is 6.00. The van der Waals surface area contributed by atoms with Crippen molar-refractivity contribution >= 4 is 11.7 Å². The Labute approximate surface area is 137 Å². The Morgan fingerprint density at radius 1 is 0.913 bits per heavy atom. The van der Waals surface area contributed by atoms with Gasteiger partial charge in [-0.3, -0.25) is 0 Å². The molecule has 0 saturated carbocycles. The molecule has 1 atom stereocenters. The van der Waals surface area contributed by atoms with Crippen LogP contribution in [0.1, 0.15) is 50.7 Å². The molecule has 0 bridgehead atoms. The van der Waals surface area contributed by atoms with Crippen LogP contribution in [0.15, 0.2) is 24.3 Å². The zero-order valence-electron chi connectivity index (χ0n) is 14.6. The summed E-state index contributed by atoms with van der Waals surface area (Å²) in [5.74, 6) is -0.262. The highest BCUT2D eigenvalue weighted by atomic mass is 16.6. The number of hydrogen-bond donors (Lipinski definition) is 1. The van der Waals surface area contributed by atoms with E-state index < -0.39 is 5.72 Å². The number of carbonyl (C=O) groups is 1. The Bertz CT molecular complexity index is 800. The summed E-state index contributed by atoms with van der Waals surface area (Å²) in [6.45, 7) is 12.1. The Kier molecular flexibility index (Phi) is 3.47. The van der Waals surface area contributed by atoms with Crippen molar-refractivity contribution in [2.75, 3.05) is 5.32 Å². The van der Waals surface area contributed by atoms with Crippen molar-refractivity contribution in [3.8, 4) is 0 Å². The number of hydrogen-bond acceptors (Lipinski definition) is 3. The second kappa shape index (κ2) is 5.12. The number of ether oxygens (including phenoxy) is 1. The number of nitrogens with one attached hydrogen (secondary N) is 1. The minimum Gasteiger partial charge on any atom is -0.431 e. The highest BCUT2D eigenvalue weighted by Crippen LogP contribution is 2.40. The Morgan fingerprint density at radius 2 is 1.48 bits per heavy atom. The summed E-state index contributed by atoms with van der Waals surface area (Å²) in [6.07, 6.45) is 0. The standard InChI is InChI=1S/C20H23NO2/c1-11-9-14(4)17(15(5)10-11)20(6)21-18-13(3)8-7-12(2)16(18)19(22)23-20/h7-10,21H,1-6H3. The number of carbonyl (C=O) groups excluding carboxylic acids is 1. The summed E-state index contributed by atoms with van der Waals surface area (Å²) in [7, 11) is 0. The lowest BCUT2D eigenvalue weighted by molar-refractivity contribution is -0.00329. The summed E-state index contributed by atoms with van der Waals surface area (Å²) in [5.41, 5.74) is 7.14. The third-order valence-corrected chi connectivity index (χ3v) is 4.64. The lowest BCUT2D eigenvalue weighted by Gasteiger charge is -2.39.